The molecule has 3 rings (SSSR count). The van der Waals surface area contributed by atoms with E-state index in [1.807, 2.05) is 45.9 Å². The molecule has 29 heavy (non-hydrogen) atoms. The van der Waals surface area contributed by atoms with Crippen LogP contribution < -0.4 is 5.32 Å². The average molecular weight is 435 g/mol. The first-order valence-corrected chi connectivity index (χ1v) is 11.6. The van der Waals surface area contributed by atoms with Crippen LogP contribution in [0.2, 0.25) is 5.02 Å². The number of hydrogen-bond donors (Lipinski definition) is 1. The van der Waals surface area contributed by atoms with Gasteiger partial charge in [-0.3, -0.25) is 4.79 Å². The Morgan fingerprint density at radius 3 is 2.17 bits per heavy atom. The van der Waals surface area contributed by atoms with Gasteiger partial charge in [-0.25, -0.2) is 8.42 Å². The van der Waals surface area contributed by atoms with E-state index in [-0.39, 0.29) is 11.8 Å². The molecule has 0 radical (unpaired) electrons. The molecule has 0 aromatic heterocycles. The first-order chi connectivity index (χ1) is 13.6. The Morgan fingerprint density at radius 1 is 1.00 bits per heavy atom. The van der Waals surface area contributed by atoms with Gasteiger partial charge < -0.3 is 5.32 Å². The number of nitrogens with zero attached hydrogens (tertiary/aromatic N) is 1. The molecular weight excluding hydrogens is 408 g/mol. The quantitative estimate of drug-likeness (QED) is 0.763. The van der Waals surface area contributed by atoms with Gasteiger partial charge in [0.25, 0.3) is 0 Å². The van der Waals surface area contributed by atoms with Crippen LogP contribution in [-0.4, -0.2) is 31.7 Å². The third-order valence-electron chi connectivity index (χ3n) is 5.48. The van der Waals surface area contributed by atoms with Crippen molar-refractivity contribution in [1.29, 1.82) is 0 Å². The summed E-state index contributed by atoms with van der Waals surface area (Å²) in [6.07, 6.45) is 0.989. The molecule has 1 saturated heterocycles. The van der Waals surface area contributed by atoms with Gasteiger partial charge in [0.15, 0.2) is 0 Å². The average Bonchev–Trinajstić information content (AvgIpc) is 2.63. The van der Waals surface area contributed by atoms with Gasteiger partial charge in [-0.2, -0.15) is 4.31 Å². The Bertz CT molecular complexity index is 1020. The van der Waals surface area contributed by atoms with Crippen LogP contribution in [-0.2, 0) is 14.8 Å². The molecule has 7 heteroatoms. The number of aryl methyl sites for hydroxylation is 4. The van der Waals surface area contributed by atoms with Crippen molar-refractivity contribution in [1.82, 2.24) is 4.31 Å². The van der Waals surface area contributed by atoms with Crippen LogP contribution in [0.25, 0.3) is 0 Å². The number of rotatable bonds is 4. The number of halogens is 1. The lowest BCUT2D eigenvalue weighted by molar-refractivity contribution is -0.120. The van der Waals surface area contributed by atoms with Crippen molar-refractivity contribution in [2.24, 2.45) is 5.92 Å². The monoisotopic (exact) mass is 434 g/mol. The Labute approximate surface area is 178 Å². The van der Waals surface area contributed by atoms with Crippen molar-refractivity contribution < 1.29 is 13.2 Å². The summed E-state index contributed by atoms with van der Waals surface area (Å²) >= 11 is 6.02. The van der Waals surface area contributed by atoms with E-state index in [0.29, 0.717) is 41.5 Å². The third kappa shape index (κ3) is 4.65. The molecule has 1 N–H and O–H groups in total. The molecule has 1 aliphatic heterocycles. The standard InChI is InChI=1S/C22H27ClN2O3S/c1-14-11-16(3)21(17(4)12-14)29(27,28)25-9-7-18(8-10-25)22(26)24-20-13-19(23)6-5-15(20)2/h5-6,11-13,18H,7-10H2,1-4H3,(H,24,26). The maximum atomic E-state index is 13.2. The minimum absolute atomic E-state index is 0.0879. The number of hydrogen-bond acceptors (Lipinski definition) is 3. The molecule has 0 spiro atoms. The van der Waals surface area contributed by atoms with E-state index in [1.54, 1.807) is 12.1 Å². The molecule has 1 aliphatic rings. The Kier molecular flexibility index (Phi) is 6.36. The second-order valence-electron chi connectivity index (χ2n) is 7.85. The summed E-state index contributed by atoms with van der Waals surface area (Å²) < 4.78 is 27.9. The molecule has 1 fully saturated rings. The lowest BCUT2D eigenvalue weighted by Crippen LogP contribution is -2.41. The van der Waals surface area contributed by atoms with Crippen molar-refractivity contribution in [3.8, 4) is 0 Å². The predicted molar refractivity (Wildman–Crippen MR) is 117 cm³/mol. The highest BCUT2D eigenvalue weighted by Gasteiger charge is 2.33. The van der Waals surface area contributed by atoms with Crippen LogP contribution in [0.15, 0.2) is 35.2 Å². The van der Waals surface area contributed by atoms with Gasteiger partial charge in [0.2, 0.25) is 15.9 Å². The summed E-state index contributed by atoms with van der Waals surface area (Å²) in [6.45, 7) is 8.21. The largest absolute Gasteiger partial charge is 0.326 e. The number of piperidine rings is 1. The zero-order valence-corrected chi connectivity index (χ0v) is 18.8. The van der Waals surface area contributed by atoms with Crippen LogP contribution in [0.1, 0.15) is 35.1 Å². The maximum absolute atomic E-state index is 13.2. The highest BCUT2D eigenvalue weighted by molar-refractivity contribution is 7.89. The van der Waals surface area contributed by atoms with E-state index in [0.717, 1.165) is 22.3 Å². The molecule has 0 unspecified atom stereocenters. The fraction of sp³-hybridized carbons (Fsp3) is 0.409. The molecule has 0 bridgehead atoms. The van der Waals surface area contributed by atoms with Crippen LogP contribution in [0, 0.1) is 33.6 Å². The smallest absolute Gasteiger partial charge is 0.243 e. The van der Waals surface area contributed by atoms with Gasteiger partial charge in [-0.1, -0.05) is 35.4 Å². The molecule has 0 atom stereocenters. The molecular formula is C22H27ClN2O3S. The molecule has 2 aromatic carbocycles. The minimum Gasteiger partial charge on any atom is -0.326 e. The minimum atomic E-state index is -3.58. The summed E-state index contributed by atoms with van der Waals surface area (Å²) in [4.78, 5) is 13.1. The number of carbonyl (C=O) groups is 1. The van der Waals surface area contributed by atoms with Gasteiger partial charge in [-0.15, -0.1) is 0 Å². The normalized spacial score (nSPS) is 16.0. The fourth-order valence-corrected chi connectivity index (χ4v) is 6.08. The first-order valence-electron chi connectivity index (χ1n) is 9.74. The van der Waals surface area contributed by atoms with Gasteiger partial charge >= 0.3 is 0 Å². The van der Waals surface area contributed by atoms with E-state index in [9.17, 15) is 13.2 Å². The lowest BCUT2D eigenvalue weighted by atomic mass is 9.97. The van der Waals surface area contributed by atoms with Crippen molar-refractivity contribution >= 4 is 33.2 Å². The van der Waals surface area contributed by atoms with Crippen molar-refractivity contribution in [2.45, 2.75) is 45.4 Å². The molecule has 0 aliphatic carbocycles. The van der Waals surface area contributed by atoms with E-state index in [4.69, 9.17) is 11.6 Å². The summed E-state index contributed by atoms with van der Waals surface area (Å²) in [5.74, 6) is -0.310. The molecule has 0 saturated carbocycles. The molecule has 5 nitrogen and oxygen atoms in total. The summed E-state index contributed by atoms with van der Waals surface area (Å²) in [5, 5.41) is 3.50. The highest BCUT2D eigenvalue weighted by atomic mass is 35.5. The Morgan fingerprint density at radius 2 is 1.59 bits per heavy atom. The van der Waals surface area contributed by atoms with Crippen molar-refractivity contribution in [3.63, 3.8) is 0 Å². The third-order valence-corrected chi connectivity index (χ3v) is 7.92. The maximum Gasteiger partial charge on any atom is 0.243 e. The van der Waals surface area contributed by atoms with E-state index < -0.39 is 10.0 Å². The fourth-order valence-electron chi connectivity index (χ4n) is 4.02. The Balaban J connectivity index is 1.70. The molecule has 156 valence electrons. The predicted octanol–water partition coefficient (Wildman–Crippen LogP) is 4.61. The van der Waals surface area contributed by atoms with Crippen molar-refractivity contribution in [2.75, 3.05) is 18.4 Å². The van der Waals surface area contributed by atoms with Crippen LogP contribution >= 0.6 is 11.6 Å². The van der Waals surface area contributed by atoms with E-state index >= 15 is 0 Å². The van der Waals surface area contributed by atoms with Gasteiger partial charge in [-0.05, 0) is 69.4 Å². The number of amides is 1. The number of nitrogens with one attached hydrogen (secondary N) is 1. The number of benzene rings is 2. The van der Waals surface area contributed by atoms with Crippen LogP contribution in [0.4, 0.5) is 5.69 Å². The van der Waals surface area contributed by atoms with Gasteiger partial charge in [0.05, 0.1) is 4.90 Å². The topological polar surface area (TPSA) is 66.5 Å². The second kappa shape index (κ2) is 8.46. The SMILES string of the molecule is Cc1cc(C)c(S(=O)(=O)N2CCC(C(=O)Nc3cc(Cl)ccc3C)CC2)c(C)c1. The van der Waals surface area contributed by atoms with Gasteiger partial charge in [0.1, 0.15) is 0 Å². The zero-order valence-electron chi connectivity index (χ0n) is 17.3. The number of carbonyl (C=O) groups excluding carboxylic acids is 1. The number of sulfonamides is 1. The molecule has 1 heterocycles. The summed E-state index contributed by atoms with van der Waals surface area (Å²) in [6, 6.07) is 9.17. The van der Waals surface area contributed by atoms with E-state index in [1.165, 1.54) is 4.31 Å². The first kappa shape index (κ1) is 21.8. The van der Waals surface area contributed by atoms with Crippen LogP contribution in [0.3, 0.4) is 0 Å². The Hall–Kier alpha value is -1.89. The van der Waals surface area contributed by atoms with Gasteiger partial charge in [0, 0.05) is 29.7 Å². The second-order valence-corrected chi connectivity index (χ2v) is 10.2. The lowest BCUT2D eigenvalue weighted by Gasteiger charge is -2.31. The summed E-state index contributed by atoms with van der Waals surface area (Å²) in [5.41, 5.74) is 4.21. The molecule has 2 aromatic rings. The summed E-state index contributed by atoms with van der Waals surface area (Å²) in [7, 11) is -3.58. The molecule has 1 amide bonds. The number of anilines is 1. The van der Waals surface area contributed by atoms with Crippen LogP contribution in [0.5, 0.6) is 0 Å². The van der Waals surface area contributed by atoms with Crippen molar-refractivity contribution in [3.05, 3.63) is 57.6 Å². The van der Waals surface area contributed by atoms with E-state index in [2.05, 4.69) is 5.32 Å². The zero-order chi connectivity index (χ0) is 21.3. The highest BCUT2D eigenvalue weighted by Crippen LogP contribution is 2.29.